The maximum Gasteiger partial charge on any atom is 0.249 e. The van der Waals surface area contributed by atoms with Crippen LogP contribution in [0.3, 0.4) is 0 Å². The monoisotopic (exact) mass is 1090 g/mol. The van der Waals surface area contributed by atoms with Crippen LogP contribution in [-0.2, 0) is 14.3 Å². The average Bonchev–Trinajstić information content (AvgIpc) is 3.44. The third-order valence-electron chi connectivity index (χ3n) is 15.7. The molecular formula is C67H125NO9. The summed E-state index contributed by atoms with van der Waals surface area (Å²) in [6.07, 6.45) is 65.4. The van der Waals surface area contributed by atoms with Crippen LogP contribution in [-0.4, -0.2) is 98.7 Å². The highest BCUT2D eigenvalue weighted by molar-refractivity contribution is 5.80. The van der Waals surface area contributed by atoms with Crippen molar-refractivity contribution in [2.45, 2.75) is 358 Å². The van der Waals surface area contributed by atoms with Crippen LogP contribution in [0.2, 0.25) is 0 Å². The van der Waals surface area contributed by atoms with Gasteiger partial charge in [-0.05, 0) is 64.2 Å². The minimum atomic E-state index is -1.62. The van der Waals surface area contributed by atoms with Gasteiger partial charge in [0.25, 0.3) is 0 Å². The van der Waals surface area contributed by atoms with Crippen molar-refractivity contribution < 1.29 is 44.9 Å². The lowest BCUT2D eigenvalue weighted by Crippen LogP contribution is -2.60. The zero-order valence-corrected chi connectivity index (χ0v) is 50.1. The first-order chi connectivity index (χ1) is 37.8. The topological polar surface area (TPSA) is 169 Å². The molecule has 0 aliphatic carbocycles. The summed E-state index contributed by atoms with van der Waals surface area (Å²) in [7, 11) is 0. The molecule has 10 heteroatoms. The van der Waals surface area contributed by atoms with Crippen LogP contribution in [0.1, 0.15) is 309 Å². The Hall–Kier alpha value is -1.89. The van der Waals surface area contributed by atoms with Gasteiger partial charge in [-0.25, -0.2) is 0 Å². The van der Waals surface area contributed by atoms with Crippen molar-refractivity contribution in [3.8, 4) is 0 Å². The predicted octanol–water partition coefficient (Wildman–Crippen LogP) is 16.2. The number of carbonyl (C=O) groups is 1. The summed E-state index contributed by atoms with van der Waals surface area (Å²) in [5.41, 5.74) is 0. The first-order valence-electron chi connectivity index (χ1n) is 33.0. The average molecular weight is 1090 g/mol. The summed E-state index contributed by atoms with van der Waals surface area (Å²) in [4.78, 5) is 13.2. The van der Waals surface area contributed by atoms with E-state index in [1.807, 2.05) is 6.08 Å². The Morgan fingerprint density at radius 3 is 1.21 bits per heavy atom. The molecule has 1 amide bonds. The SMILES string of the molecule is CCCCCCCCCCCC/C=C/CC/C=C/C(O)C(COC1OC(CO)C(O)C(O)C1O)NC(=O)C(O)CCCCCCCCCCCCCCCCCC/C=C\C/C=C\CCCCCCCCCCCCCCC. The van der Waals surface area contributed by atoms with Gasteiger partial charge in [0.2, 0.25) is 5.91 Å². The number of amides is 1. The third kappa shape index (κ3) is 44.5. The summed E-state index contributed by atoms with van der Waals surface area (Å²) in [6, 6.07) is -0.998. The van der Waals surface area contributed by atoms with Crippen molar-refractivity contribution in [3.63, 3.8) is 0 Å². The molecule has 1 heterocycles. The van der Waals surface area contributed by atoms with Gasteiger partial charge in [0.15, 0.2) is 6.29 Å². The van der Waals surface area contributed by atoms with E-state index < -0.39 is 61.5 Å². The Balaban J connectivity index is 2.13. The van der Waals surface area contributed by atoms with Gasteiger partial charge in [0.1, 0.15) is 30.5 Å². The van der Waals surface area contributed by atoms with Gasteiger partial charge in [-0.2, -0.15) is 0 Å². The number of allylic oxidation sites excluding steroid dienone is 7. The molecule has 0 spiro atoms. The van der Waals surface area contributed by atoms with E-state index in [0.29, 0.717) is 19.3 Å². The standard InChI is InChI=1S/C67H125NO9/c1-3-5-7-9-11-13-15-17-19-21-22-23-24-25-26-27-28-29-30-31-32-33-34-35-36-37-38-39-40-42-44-46-48-50-52-54-56-61(71)66(75)68-59(58-76-67-65(74)64(73)63(72)62(57-69)77-67)60(70)55-53-51-49-47-45-43-41-20-18-16-14-12-10-8-6-4-2/h26-27,29-30,45,47,53,55,59-65,67,69-74H,3-25,28,31-44,46,48-52,54,56-58H2,1-2H3,(H,68,75)/b27-26-,30-29-,47-45+,55-53+. The van der Waals surface area contributed by atoms with E-state index in [9.17, 15) is 35.4 Å². The molecule has 0 bridgehead atoms. The van der Waals surface area contributed by atoms with Gasteiger partial charge in [0.05, 0.1) is 25.4 Å². The molecule has 1 aliphatic heterocycles. The Labute approximate surface area is 474 Å². The van der Waals surface area contributed by atoms with Gasteiger partial charge in [-0.1, -0.05) is 294 Å². The Morgan fingerprint density at radius 1 is 0.455 bits per heavy atom. The molecule has 1 aliphatic rings. The maximum atomic E-state index is 13.2. The number of ether oxygens (including phenoxy) is 2. The van der Waals surface area contributed by atoms with E-state index in [-0.39, 0.29) is 6.61 Å². The van der Waals surface area contributed by atoms with Gasteiger partial charge in [0, 0.05) is 0 Å². The molecule has 1 rings (SSSR count). The van der Waals surface area contributed by atoms with E-state index in [1.54, 1.807) is 6.08 Å². The van der Waals surface area contributed by atoms with Crippen LogP contribution in [0, 0.1) is 0 Å². The Morgan fingerprint density at radius 2 is 0.805 bits per heavy atom. The van der Waals surface area contributed by atoms with Crippen molar-refractivity contribution in [2.24, 2.45) is 0 Å². The number of unbranched alkanes of at least 4 members (excludes halogenated alkanes) is 40. The van der Waals surface area contributed by atoms with Crippen LogP contribution in [0.5, 0.6) is 0 Å². The second-order valence-corrected chi connectivity index (χ2v) is 23.0. The quantitative estimate of drug-likeness (QED) is 0.0232. The van der Waals surface area contributed by atoms with Gasteiger partial charge in [-0.3, -0.25) is 4.79 Å². The van der Waals surface area contributed by atoms with Crippen LogP contribution >= 0.6 is 0 Å². The molecule has 7 N–H and O–H groups in total. The highest BCUT2D eigenvalue weighted by Gasteiger charge is 2.44. The van der Waals surface area contributed by atoms with Crippen molar-refractivity contribution in [3.05, 3.63) is 48.6 Å². The Kier molecular flexibility index (Phi) is 53.2. The lowest BCUT2D eigenvalue weighted by molar-refractivity contribution is -0.302. The van der Waals surface area contributed by atoms with Crippen molar-refractivity contribution in [1.29, 1.82) is 0 Å². The summed E-state index contributed by atoms with van der Waals surface area (Å²) in [5.74, 6) is -0.623. The van der Waals surface area contributed by atoms with Crippen LogP contribution < -0.4 is 5.32 Å². The summed E-state index contributed by atoms with van der Waals surface area (Å²) in [5, 5.41) is 65.1. The number of rotatable bonds is 57. The van der Waals surface area contributed by atoms with E-state index in [2.05, 4.69) is 55.6 Å². The lowest BCUT2D eigenvalue weighted by atomic mass is 9.99. The molecule has 0 radical (unpaired) electrons. The smallest absolute Gasteiger partial charge is 0.249 e. The number of aliphatic hydroxyl groups excluding tert-OH is 6. The van der Waals surface area contributed by atoms with Gasteiger partial charge < -0.3 is 45.4 Å². The molecule has 8 atom stereocenters. The fraction of sp³-hybridized carbons (Fsp3) is 0.866. The predicted molar refractivity (Wildman–Crippen MR) is 324 cm³/mol. The minimum Gasteiger partial charge on any atom is -0.394 e. The summed E-state index contributed by atoms with van der Waals surface area (Å²) >= 11 is 0. The molecule has 8 unspecified atom stereocenters. The molecule has 0 saturated carbocycles. The first-order valence-corrected chi connectivity index (χ1v) is 33.0. The molecule has 1 saturated heterocycles. The van der Waals surface area contributed by atoms with Crippen LogP contribution in [0.4, 0.5) is 0 Å². The van der Waals surface area contributed by atoms with Gasteiger partial charge in [-0.15, -0.1) is 0 Å². The number of nitrogens with one attached hydrogen (secondary N) is 1. The fourth-order valence-electron chi connectivity index (χ4n) is 10.4. The van der Waals surface area contributed by atoms with E-state index in [1.165, 1.54) is 238 Å². The number of aliphatic hydroxyl groups is 6. The number of hydrogen-bond donors (Lipinski definition) is 7. The number of hydrogen-bond acceptors (Lipinski definition) is 9. The second-order valence-electron chi connectivity index (χ2n) is 23.0. The first kappa shape index (κ1) is 73.1. The zero-order chi connectivity index (χ0) is 55.9. The molecule has 10 nitrogen and oxygen atoms in total. The summed E-state index contributed by atoms with van der Waals surface area (Å²) < 4.78 is 11.2. The molecule has 0 aromatic rings. The molecule has 452 valence electrons. The Bertz CT molecular complexity index is 1370. The zero-order valence-electron chi connectivity index (χ0n) is 50.1. The normalized spacial score (nSPS) is 19.4. The molecular weight excluding hydrogens is 963 g/mol. The minimum absolute atomic E-state index is 0.304. The van der Waals surface area contributed by atoms with Gasteiger partial charge >= 0.3 is 0 Å². The largest absolute Gasteiger partial charge is 0.394 e. The van der Waals surface area contributed by atoms with Crippen molar-refractivity contribution >= 4 is 5.91 Å². The highest BCUT2D eigenvalue weighted by atomic mass is 16.7. The number of carbonyl (C=O) groups excluding carboxylic acids is 1. The molecule has 1 fully saturated rings. The van der Waals surface area contributed by atoms with E-state index in [4.69, 9.17) is 9.47 Å². The summed E-state index contributed by atoms with van der Waals surface area (Å²) in [6.45, 7) is 3.63. The third-order valence-corrected chi connectivity index (χ3v) is 15.7. The maximum absolute atomic E-state index is 13.2. The molecule has 0 aromatic heterocycles. The van der Waals surface area contributed by atoms with Crippen molar-refractivity contribution in [1.82, 2.24) is 5.32 Å². The van der Waals surface area contributed by atoms with E-state index >= 15 is 0 Å². The van der Waals surface area contributed by atoms with Crippen LogP contribution in [0.25, 0.3) is 0 Å². The highest BCUT2D eigenvalue weighted by Crippen LogP contribution is 2.23. The molecule has 0 aromatic carbocycles. The van der Waals surface area contributed by atoms with E-state index in [0.717, 1.165) is 38.5 Å². The lowest BCUT2D eigenvalue weighted by Gasteiger charge is -2.40. The van der Waals surface area contributed by atoms with Crippen molar-refractivity contribution in [2.75, 3.05) is 13.2 Å². The van der Waals surface area contributed by atoms with Crippen LogP contribution in [0.15, 0.2) is 48.6 Å². The molecule has 77 heavy (non-hydrogen) atoms. The second kappa shape index (κ2) is 56.0. The fourth-order valence-corrected chi connectivity index (χ4v) is 10.4.